The van der Waals surface area contributed by atoms with Crippen LogP contribution in [0.25, 0.3) is 0 Å². The van der Waals surface area contributed by atoms with Crippen molar-refractivity contribution in [1.29, 1.82) is 0 Å². The fourth-order valence-electron chi connectivity index (χ4n) is 2.47. The summed E-state index contributed by atoms with van der Waals surface area (Å²) in [6, 6.07) is 6.66. The Morgan fingerprint density at radius 3 is 2.81 bits per heavy atom. The molecule has 142 valence electrons. The predicted octanol–water partition coefficient (Wildman–Crippen LogP) is 2.86. The number of aromatic nitrogens is 2. The van der Waals surface area contributed by atoms with Crippen LogP contribution in [-0.2, 0) is 24.8 Å². The third kappa shape index (κ3) is 5.29. The summed E-state index contributed by atoms with van der Waals surface area (Å²) in [7, 11) is 1.71. The Morgan fingerprint density at radius 2 is 2.12 bits per heavy atom. The number of nitrogens with one attached hydrogen (secondary N) is 1. The van der Waals surface area contributed by atoms with Gasteiger partial charge in [-0.2, -0.15) is 5.10 Å². The van der Waals surface area contributed by atoms with Crippen molar-refractivity contribution in [2.75, 3.05) is 19.8 Å². The predicted molar refractivity (Wildman–Crippen MR) is 96.8 cm³/mol. The van der Waals surface area contributed by atoms with Gasteiger partial charge >= 0.3 is 0 Å². The lowest BCUT2D eigenvalue weighted by atomic mass is 10.2. The molecule has 0 saturated heterocycles. The van der Waals surface area contributed by atoms with Gasteiger partial charge in [0.05, 0.1) is 12.3 Å². The zero-order valence-electron chi connectivity index (χ0n) is 15.5. The van der Waals surface area contributed by atoms with E-state index < -0.39 is 5.82 Å². The number of ether oxygens (including phenoxy) is 2. The summed E-state index contributed by atoms with van der Waals surface area (Å²) in [5.74, 6) is -0.562. The summed E-state index contributed by atoms with van der Waals surface area (Å²) >= 11 is 0. The van der Waals surface area contributed by atoms with Crippen LogP contribution < -0.4 is 10.1 Å². The van der Waals surface area contributed by atoms with E-state index in [-0.39, 0.29) is 18.2 Å². The smallest absolute Gasteiger partial charge is 0.269 e. The number of amides is 1. The highest BCUT2D eigenvalue weighted by atomic mass is 19.1. The van der Waals surface area contributed by atoms with Crippen LogP contribution in [0.5, 0.6) is 5.75 Å². The van der Waals surface area contributed by atoms with Crippen LogP contribution in [0.2, 0.25) is 0 Å². The fraction of sp³-hybridized carbons (Fsp3) is 0.474. The molecular formula is C19H26FN3O3. The van der Waals surface area contributed by atoms with Crippen molar-refractivity contribution in [2.45, 2.75) is 33.2 Å². The van der Waals surface area contributed by atoms with Gasteiger partial charge in [0.25, 0.3) is 5.91 Å². The number of hydrogen-bond acceptors (Lipinski definition) is 4. The minimum absolute atomic E-state index is 0.0768. The van der Waals surface area contributed by atoms with E-state index in [9.17, 15) is 9.18 Å². The Bertz CT molecular complexity index is 731. The van der Waals surface area contributed by atoms with Gasteiger partial charge in [0.2, 0.25) is 0 Å². The van der Waals surface area contributed by atoms with Gasteiger partial charge in [0.1, 0.15) is 5.69 Å². The summed E-state index contributed by atoms with van der Waals surface area (Å²) in [6.07, 6.45) is 1.44. The number of nitrogens with zero attached hydrogens (tertiary/aromatic N) is 2. The van der Waals surface area contributed by atoms with Gasteiger partial charge < -0.3 is 14.8 Å². The molecule has 0 atom stereocenters. The molecule has 0 aliphatic rings. The van der Waals surface area contributed by atoms with E-state index >= 15 is 0 Å². The first-order chi connectivity index (χ1) is 12.6. The lowest BCUT2D eigenvalue weighted by Crippen LogP contribution is -2.25. The molecule has 2 aromatic rings. The maximum Gasteiger partial charge on any atom is 0.269 e. The number of aryl methyl sites for hydroxylation is 2. The van der Waals surface area contributed by atoms with Crippen LogP contribution in [0.3, 0.4) is 0 Å². The Hall–Kier alpha value is -2.41. The number of rotatable bonds is 10. The number of halogens is 1. The van der Waals surface area contributed by atoms with E-state index in [4.69, 9.17) is 9.47 Å². The van der Waals surface area contributed by atoms with Crippen LogP contribution in [0, 0.1) is 5.82 Å². The topological polar surface area (TPSA) is 65.4 Å². The largest absolute Gasteiger partial charge is 0.490 e. The van der Waals surface area contributed by atoms with E-state index in [1.54, 1.807) is 31.3 Å². The molecule has 1 aromatic carbocycles. The average Bonchev–Trinajstić information content (AvgIpc) is 3.02. The molecule has 0 fully saturated rings. The monoisotopic (exact) mass is 363 g/mol. The molecule has 0 bridgehead atoms. The molecule has 1 amide bonds. The van der Waals surface area contributed by atoms with Gasteiger partial charge in [-0.25, -0.2) is 4.39 Å². The first-order valence-electron chi connectivity index (χ1n) is 8.85. The Kier molecular flexibility index (Phi) is 7.59. The molecule has 1 heterocycles. The molecule has 1 aromatic heterocycles. The molecule has 2 rings (SSSR count). The van der Waals surface area contributed by atoms with Crippen LogP contribution in [0.1, 0.15) is 42.0 Å². The molecule has 0 unspecified atom stereocenters. The minimum Gasteiger partial charge on any atom is -0.490 e. The number of carbonyl (C=O) groups excluding carboxylic acids is 1. The van der Waals surface area contributed by atoms with Crippen molar-refractivity contribution >= 4 is 5.91 Å². The zero-order chi connectivity index (χ0) is 18.9. The molecule has 26 heavy (non-hydrogen) atoms. The lowest BCUT2D eigenvalue weighted by Gasteiger charge is -2.11. The highest BCUT2D eigenvalue weighted by Gasteiger charge is 2.14. The Labute approximate surface area is 153 Å². The second-order valence-electron chi connectivity index (χ2n) is 5.81. The van der Waals surface area contributed by atoms with Crippen LogP contribution >= 0.6 is 0 Å². The minimum atomic E-state index is -0.455. The summed E-state index contributed by atoms with van der Waals surface area (Å²) in [6.45, 7) is 5.58. The van der Waals surface area contributed by atoms with Crippen LogP contribution in [-0.4, -0.2) is 35.5 Å². The molecule has 0 saturated carbocycles. The highest BCUT2D eigenvalue weighted by molar-refractivity contribution is 5.92. The Balaban J connectivity index is 1.93. The normalized spacial score (nSPS) is 10.8. The van der Waals surface area contributed by atoms with E-state index in [0.717, 1.165) is 12.1 Å². The maximum atomic E-state index is 14.5. The van der Waals surface area contributed by atoms with Crippen molar-refractivity contribution in [3.8, 4) is 5.75 Å². The SMILES string of the molecule is CCOCCCOc1cccc(CNC(=O)c2cc(CC)nn2C)c1F. The molecule has 0 aliphatic heterocycles. The molecule has 0 aliphatic carbocycles. The van der Waals surface area contributed by atoms with Gasteiger partial charge in [-0.05, 0) is 25.5 Å². The number of hydrogen-bond donors (Lipinski definition) is 1. The van der Waals surface area contributed by atoms with E-state index in [1.807, 2.05) is 13.8 Å². The summed E-state index contributed by atoms with van der Waals surface area (Å²) in [5, 5.41) is 6.97. The molecule has 7 heteroatoms. The van der Waals surface area contributed by atoms with Crippen molar-refractivity contribution in [3.05, 3.63) is 47.0 Å². The second kappa shape index (κ2) is 9.91. The van der Waals surface area contributed by atoms with Crippen LogP contribution in [0.4, 0.5) is 4.39 Å². The fourth-order valence-corrected chi connectivity index (χ4v) is 2.47. The van der Waals surface area contributed by atoms with Crippen molar-refractivity contribution in [1.82, 2.24) is 15.1 Å². The number of benzene rings is 1. The average molecular weight is 363 g/mol. The maximum absolute atomic E-state index is 14.5. The van der Waals surface area contributed by atoms with E-state index in [2.05, 4.69) is 10.4 Å². The van der Waals surface area contributed by atoms with Gasteiger partial charge in [-0.1, -0.05) is 19.1 Å². The second-order valence-corrected chi connectivity index (χ2v) is 5.81. The molecule has 0 spiro atoms. The van der Waals surface area contributed by atoms with Crippen molar-refractivity contribution in [2.24, 2.45) is 7.05 Å². The molecule has 1 N–H and O–H groups in total. The Morgan fingerprint density at radius 1 is 1.31 bits per heavy atom. The molecule has 6 nitrogen and oxygen atoms in total. The van der Waals surface area contributed by atoms with Gasteiger partial charge in [0, 0.05) is 38.8 Å². The zero-order valence-corrected chi connectivity index (χ0v) is 15.5. The van der Waals surface area contributed by atoms with Gasteiger partial charge in [-0.3, -0.25) is 9.48 Å². The lowest BCUT2D eigenvalue weighted by molar-refractivity contribution is 0.0941. The molecule has 0 radical (unpaired) electrons. The highest BCUT2D eigenvalue weighted by Crippen LogP contribution is 2.20. The third-order valence-electron chi connectivity index (χ3n) is 3.90. The summed E-state index contributed by atoms with van der Waals surface area (Å²) in [4.78, 5) is 12.3. The first kappa shape index (κ1) is 19.9. The van der Waals surface area contributed by atoms with E-state index in [0.29, 0.717) is 37.5 Å². The van der Waals surface area contributed by atoms with Gasteiger partial charge in [-0.15, -0.1) is 0 Å². The standard InChI is InChI=1S/C19H26FN3O3/c1-4-15-12-16(23(3)22-15)19(24)21-13-14-8-6-9-17(18(14)20)26-11-7-10-25-5-2/h6,8-9,12H,4-5,7,10-11,13H2,1-3H3,(H,21,24). The molecular weight excluding hydrogens is 337 g/mol. The van der Waals surface area contributed by atoms with Crippen LogP contribution in [0.15, 0.2) is 24.3 Å². The summed E-state index contributed by atoms with van der Waals surface area (Å²) < 4.78 is 26.7. The van der Waals surface area contributed by atoms with Crippen molar-refractivity contribution < 1.29 is 18.7 Å². The number of carbonyl (C=O) groups is 1. The first-order valence-corrected chi connectivity index (χ1v) is 8.85. The van der Waals surface area contributed by atoms with E-state index in [1.165, 1.54) is 4.68 Å². The quantitative estimate of drug-likeness (QED) is 0.659. The summed E-state index contributed by atoms with van der Waals surface area (Å²) in [5.41, 5.74) is 1.66. The third-order valence-corrected chi connectivity index (χ3v) is 3.90. The van der Waals surface area contributed by atoms with Crippen molar-refractivity contribution in [3.63, 3.8) is 0 Å². The van der Waals surface area contributed by atoms with Gasteiger partial charge in [0.15, 0.2) is 11.6 Å².